The van der Waals surface area contributed by atoms with Crippen LogP contribution < -0.4 is 15.4 Å². The highest BCUT2D eigenvalue weighted by Gasteiger charge is 2.06. The number of aryl methyl sites for hydroxylation is 1. The topological polar surface area (TPSA) is 63.2 Å². The molecule has 26 heavy (non-hydrogen) atoms. The van der Waals surface area contributed by atoms with Crippen LogP contribution in [0.5, 0.6) is 10.9 Å². The van der Waals surface area contributed by atoms with Crippen molar-refractivity contribution >= 4 is 22.9 Å². The zero-order chi connectivity index (χ0) is 19.1. The number of nitrogens with one attached hydrogen (secondary N) is 2. The Morgan fingerprint density at radius 1 is 1.35 bits per heavy atom. The van der Waals surface area contributed by atoms with Gasteiger partial charge in [-0.05, 0) is 43.5 Å². The Kier molecular flexibility index (Phi) is 7.05. The highest BCUT2D eigenvalue weighted by Crippen LogP contribution is 2.29. The van der Waals surface area contributed by atoms with Crippen molar-refractivity contribution in [2.75, 3.05) is 11.9 Å². The van der Waals surface area contributed by atoms with E-state index in [4.69, 9.17) is 4.74 Å². The molecule has 2 rings (SSSR count). The summed E-state index contributed by atoms with van der Waals surface area (Å²) in [5.41, 5.74) is 2.24. The normalized spacial score (nSPS) is 11.5. The summed E-state index contributed by atoms with van der Waals surface area (Å²) in [7, 11) is 0. The molecular weight excluding hydrogens is 346 g/mol. The van der Waals surface area contributed by atoms with Crippen molar-refractivity contribution in [1.82, 2.24) is 10.3 Å². The van der Waals surface area contributed by atoms with Gasteiger partial charge in [0.05, 0.1) is 12.2 Å². The molecule has 1 aromatic carbocycles. The minimum absolute atomic E-state index is 0.0955. The van der Waals surface area contributed by atoms with Gasteiger partial charge in [0.1, 0.15) is 10.6 Å². The molecule has 0 spiro atoms. The summed E-state index contributed by atoms with van der Waals surface area (Å²) in [4.78, 5) is 16.0. The summed E-state index contributed by atoms with van der Waals surface area (Å²) in [6.45, 7) is 10.7. The number of thiazole rings is 1. The molecule has 0 radical (unpaired) electrons. The van der Waals surface area contributed by atoms with Gasteiger partial charge in [0.15, 0.2) is 0 Å². The van der Waals surface area contributed by atoms with Crippen molar-refractivity contribution < 1.29 is 9.53 Å². The largest absolute Gasteiger partial charge is 0.431 e. The second-order valence-electron chi connectivity index (χ2n) is 6.54. The van der Waals surface area contributed by atoms with Crippen LogP contribution in [-0.4, -0.2) is 23.5 Å². The quantitative estimate of drug-likeness (QED) is 0.748. The molecule has 1 amide bonds. The summed E-state index contributed by atoms with van der Waals surface area (Å²) in [5.74, 6) is 7.22. The van der Waals surface area contributed by atoms with E-state index in [1.165, 1.54) is 18.3 Å². The second-order valence-corrected chi connectivity index (χ2v) is 7.53. The average molecular weight is 372 g/mol. The molecule has 1 unspecified atom stereocenters. The van der Waals surface area contributed by atoms with Gasteiger partial charge in [0.2, 0.25) is 5.91 Å². The first-order valence-corrected chi connectivity index (χ1v) is 9.42. The van der Waals surface area contributed by atoms with Crippen LogP contribution in [0.2, 0.25) is 0 Å². The van der Waals surface area contributed by atoms with E-state index in [-0.39, 0.29) is 11.9 Å². The van der Waals surface area contributed by atoms with Gasteiger partial charge < -0.3 is 15.4 Å². The van der Waals surface area contributed by atoms with Crippen LogP contribution in [-0.2, 0) is 4.79 Å². The minimum atomic E-state index is -0.201. The number of nitrogens with zero attached hydrogens (tertiary/aromatic N) is 1. The molecular formula is C20H25N3O2S. The van der Waals surface area contributed by atoms with Gasteiger partial charge in [0.25, 0.3) is 5.19 Å². The smallest absolute Gasteiger partial charge is 0.279 e. The van der Waals surface area contributed by atoms with E-state index in [1.807, 2.05) is 25.1 Å². The number of anilines is 1. The van der Waals surface area contributed by atoms with Gasteiger partial charge in [0, 0.05) is 19.2 Å². The van der Waals surface area contributed by atoms with Crippen molar-refractivity contribution in [3.63, 3.8) is 0 Å². The van der Waals surface area contributed by atoms with Crippen LogP contribution in [0.4, 0.5) is 5.69 Å². The lowest BCUT2D eigenvalue weighted by atomic mass is 10.1. The number of carbonyl (C=O) groups excluding carboxylic acids is 1. The third kappa shape index (κ3) is 6.41. The molecule has 1 heterocycles. The Morgan fingerprint density at radius 3 is 2.77 bits per heavy atom. The molecule has 0 saturated carbocycles. The van der Waals surface area contributed by atoms with E-state index in [9.17, 15) is 4.79 Å². The number of amides is 1. The Morgan fingerprint density at radius 2 is 2.12 bits per heavy atom. The van der Waals surface area contributed by atoms with Crippen LogP contribution >= 0.6 is 11.3 Å². The first-order chi connectivity index (χ1) is 12.3. The fourth-order valence-electron chi connectivity index (χ4n) is 2.20. The summed E-state index contributed by atoms with van der Waals surface area (Å²) >= 11 is 1.38. The number of aromatic nitrogens is 1. The molecule has 2 aromatic rings. The van der Waals surface area contributed by atoms with E-state index in [1.54, 1.807) is 6.20 Å². The minimum Gasteiger partial charge on any atom is -0.431 e. The maximum Gasteiger partial charge on any atom is 0.279 e. The molecule has 0 aliphatic rings. The molecule has 0 saturated heterocycles. The number of ether oxygens (including phenoxy) is 1. The number of rotatable bonds is 6. The predicted molar refractivity (Wildman–Crippen MR) is 107 cm³/mol. The molecule has 2 N–H and O–H groups in total. The van der Waals surface area contributed by atoms with E-state index in [0.29, 0.717) is 11.1 Å². The fourth-order valence-corrected chi connectivity index (χ4v) is 2.84. The fraction of sp³-hybridized carbons (Fsp3) is 0.400. The highest BCUT2D eigenvalue weighted by atomic mass is 32.1. The average Bonchev–Trinajstić information content (AvgIpc) is 2.99. The Balaban J connectivity index is 1.99. The number of carbonyl (C=O) groups is 1. The van der Waals surface area contributed by atoms with Crippen molar-refractivity contribution in [2.24, 2.45) is 5.92 Å². The lowest BCUT2D eigenvalue weighted by Crippen LogP contribution is -2.28. The first-order valence-electron chi connectivity index (χ1n) is 8.60. The predicted octanol–water partition coefficient (Wildman–Crippen LogP) is 4.19. The Labute approximate surface area is 159 Å². The first kappa shape index (κ1) is 19.8. The summed E-state index contributed by atoms with van der Waals surface area (Å²) in [6, 6.07) is 5.75. The molecule has 6 heteroatoms. The van der Waals surface area contributed by atoms with Crippen molar-refractivity contribution in [2.45, 2.75) is 40.7 Å². The van der Waals surface area contributed by atoms with E-state index < -0.39 is 0 Å². The molecule has 1 atom stereocenters. The lowest BCUT2D eigenvalue weighted by molar-refractivity contribution is -0.119. The van der Waals surface area contributed by atoms with Gasteiger partial charge in [-0.15, -0.1) is 0 Å². The summed E-state index contributed by atoms with van der Waals surface area (Å²) in [5, 5.41) is 6.70. The third-order valence-electron chi connectivity index (χ3n) is 3.42. The third-order valence-corrected chi connectivity index (χ3v) is 4.21. The maximum absolute atomic E-state index is 11.0. The number of hydrogen-bond acceptors (Lipinski definition) is 5. The molecule has 0 aliphatic heterocycles. The Hall–Kier alpha value is -2.52. The monoisotopic (exact) mass is 371 g/mol. The molecule has 5 nitrogen and oxygen atoms in total. The number of hydrogen-bond donors (Lipinski definition) is 2. The summed E-state index contributed by atoms with van der Waals surface area (Å²) < 4.78 is 5.83. The van der Waals surface area contributed by atoms with Crippen LogP contribution in [0.3, 0.4) is 0 Å². The maximum atomic E-state index is 11.0. The Bertz CT molecular complexity index is 818. The van der Waals surface area contributed by atoms with E-state index in [2.05, 4.69) is 48.2 Å². The van der Waals surface area contributed by atoms with Crippen LogP contribution in [0.15, 0.2) is 24.4 Å². The van der Waals surface area contributed by atoms with Gasteiger partial charge in [-0.25, -0.2) is 4.98 Å². The number of benzene rings is 1. The lowest BCUT2D eigenvalue weighted by Gasteiger charge is -2.12. The van der Waals surface area contributed by atoms with Crippen molar-refractivity contribution in [3.8, 4) is 22.8 Å². The van der Waals surface area contributed by atoms with Crippen molar-refractivity contribution in [3.05, 3.63) is 34.8 Å². The molecule has 1 aromatic heterocycles. The van der Waals surface area contributed by atoms with Gasteiger partial charge >= 0.3 is 0 Å². The molecule has 138 valence electrons. The van der Waals surface area contributed by atoms with Crippen LogP contribution in [0.25, 0.3) is 0 Å². The van der Waals surface area contributed by atoms with Gasteiger partial charge in [-0.3, -0.25) is 4.79 Å². The standard InChI is InChI=1S/C20H25N3O2S/c1-13(2)11-21-19-9-7-17(10-14(19)3)25-20-22-12-18(26-20)8-6-15(4)23-16(5)24/h7,9-10,12-13,15,21H,11H2,1-5H3,(H,23,24). The summed E-state index contributed by atoms with van der Waals surface area (Å²) in [6.07, 6.45) is 1.68. The molecule has 0 bridgehead atoms. The SMILES string of the molecule is CC(=O)NC(C)C#Cc1cnc(Oc2ccc(NCC(C)C)c(C)c2)s1. The molecule has 0 aliphatic carbocycles. The van der Waals surface area contributed by atoms with Gasteiger partial charge in [-0.2, -0.15) is 0 Å². The van der Waals surface area contributed by atoms with Gasteiger partial charge in [-0.1, -0.05) is 37.0 Å². The molecule has 0 fully saturated rings. The highest BCUT2D eigenvalue weighted by molar-refractivity contribution is 7.13. The van der Waals surface area contributed by atoms with Crippen molar-refractivity contribution in [1.29, 1.82) is 0 Å². The zero-order valence-electron chi connectivity index (χ0n) is 15.8. The van der Waals surface area contributed by atoms with E-state index >= 15 is 0 Å². The van der Waals surface area contributed by atoms with Crippen LogP contribution in [0.1, 0.15) is 38.1 Å². The van der Waals surface area contributed by atoms with E-state index in [0.717, 1.165) is 28.4 Å². The zero-order valence-corrected chi connectivity index (χ0v) is 16.7. The second kappa shape index (κ2) is 9.25. The van der Waals surface area contributed by atoms with Crippen LogP contribution in [0, 0.1) is 24.7 Å².